The molecule has 0 bridgehead atoms. The van der Waals surface area contributed by atoms with Gasteiger partial charge < -0.3 is 4.42 Å². The summed E-state index contributed by atoms with van der Waals surface area (Å²) in [6, 6.07) is 1.95. The molecule has 0 aliphatic rings. The van der Waals surface area contributed by atoms with E-state index in [4.69, 9.17) is 4.42 Å². The third-order valence-corrected chi connectivity index (χ3v) is 5.79. The molecule has 0 aliphatic carbocycles. The van der Waals surface area contributed by atoms with E-state index < -0.39 is 16.1 Å². The fourth-order valence-corrected chi connectivity index (χ4v) is 3.96. The van der Waals surface area contributed by atoms with Gasteiger partial charge in [-0.15, -0.1) is 0 Å². The second-order valence-corrected chi connectivity index (χ2v) is 16.0. The molecule has 0 saturated heterocycles. The normalized spacial score (nSPS) is 12.9. The summed E-state index contributed by atoms with van der Waals surface area (Å²) in [4.78, 5) is 11.0. The van der Waals surface area contributed by atoms with Crippen molar-refractivity contribution in [2.24, 2.45) is 0 Å². The van der Waals surface area contributed by atoms with Crippen LogP contribution in [-0.4, -0.2) is 22.4 Å². The molecule has 1 heterocycles. The van der Waals surface area contributed by atoms with Crippen molar-refractivity contribution in [1.82, 2.24) is 0 Å². The molecular weight excluding hydrogens is 220 g/mol. The molecular formula is C11H20O2Si2. The van der Waals surface area contributed by atoms with Crippen molar-refractivity contribution in [2.45, 2.75) is 39.3 Å². The molecule has 84 valence electrons. The summed E-state index contributed by atoms with van der Waals surface area (Å²) in [7, 11) is -2.97. The lowest BCUT2D eigenvalue weighted by atomic mass is 10.4. The number of furan rings is 1. The van der Waals surface area contributed by atoms with Crippen LogP contribution in [0.4, 0.5) is 0 Å². The highest BCUT2D eigenvalue weighted by molar-refractivity contribution is 6.90. The summed E-state index contributed by atoms with van der Waals surface area (Å²) < 4.78 is 5.93. The number of carbonyl (C=O) groups excluding carboxylic acids is 1. The highest BCUT2D eigenvalue weighted by Crippen LogP contribution is 2.09. The van der Waals surface area contributed by atoms with Gasteiger partial charge in [-0.25, -0.2) is 0 Å². The molecule has 0 amide bonds. The van der Waals surface area contributed by atoms with E-state index in [2.05, 4.69) is 39.3 Å². The Bertz CT molecular complexity index is 367. The standard InChI is InChI=1S/C11H20O2Si2/c1-14(2,3)10-7-9(8-12)11(13-10)15(4,5)6/h7-8H,1-6H3. The van der Waals surface area contributed by atoms with Crippen molar-refractivity contribution in [2.75, 3.05) is 0 Å². The lowest BCUT2D eigenvalue weighted by Crippen LogP contribution is -2.41. The number of aldehydes is 1. The quantitative estimate of drug-likeness (QED) is 0.599. The van der Waals surface area contributed by atoms with Gasteiger partial charge in [-0.05, 0) is 6.07 Å². The van der Waals surface area contributed by atoms with Gasteiger partial charge in [-0.1, -0.05) is 39.3 Å². The topological polar surface area (TPSA) is 30.2 Å². The average molecular weight is 240 g/mol. The minimum Gasteiger partial charge on any atom is -0.476 e. The summed E-state index contributed by atoms with van der Waals surface area (Å²) in [5.41, 5.74) is 0.770. The Balaban J connectivity index is 3.30. The van der Waals surface area contributed by atoms with Crippen LogP contribution in [0.3, 0.4) is 0 Å². The molecule has 0 radical (unpaired) electrons. The first kappa shape index (κ1) is 12.5. The van der Waals surface area contributed by atoms with Gasteiger partial charge in [-0.3, -0.25) is 4.79 Å². The van der Waals surface area contributed by atoms with Crippen LogP contribution in [0.2, 0.25) is 39.3 Å². The van der Waals surface area contributed by atoms with Gasteiger partial charge in [0.2, 0.25) is 0 Å². The second kappa shape index (κ2) is 3.75. The van der Waals surface area contributed by atoms with E-state index in [0.29, 0.717) is 0 Å². The van der Waals surface area contributed by atoms with E-state index in [0.717, 1.165) is 22.6 Å². The van der Waals surface area contributed by atoms with Gasteiger partial charge >= 0.3 is 0 Å². The van der Waals surface area contributed by atoms with E-state index in [-0.39, 0.29) is 0 Å². The zero-order valence-electron chi connectivity index (χ0n) is 10.5. The predicted molar refractivity (Wildman–Crippen MR) is 70.1 cm³/mol. The van der Waals surface area contributed by atoms with Crippen molar-refractivity contribution in [3.8, 4) is 0 Å². The van der Waals surface area contributed by atoms with Crippen LogP contribution in [0.15, 0.2) is 10.5 Å². The summed E-state index contributed by atoms with van der Waals surface area (Å²) in [6.07, 6.45) is 0.931. The predicted octanol–water partition coefficient (Wildman–Crippen LogP) is 2.18. The van der Waals surface area contributed by atoms with Gasteiger partial charge in [0, 0.05) is 0 Å². The van der Waals surface area contributed by atoms with E-state index in [1.807, 2.05) is 6.07 Å². The summed E-state index contributed by atoms with van der Waals surface area (Å²) in [5, 5.41) is 2.00. The highest BCUT2D eigenvalue weighted by atomic mass is 28.3. The lowest BCUT2D eigenvalue weighted by molar-refractivity contribution is 0.112. The van der Waals surface area contributed by atoms with Crippen LogP contribution in [-0.2, 0) is 0 Å². The van der Waals surface area contributed by atoms with E-state index >= 15 is 0 Å². The van der Waals surface area contributed by atoms with Gasteiger partial charge in [0.15, 0.2) is 6.29 Å². The Hall–Kier alpha value is -0.616. The smallest absolute Gasteiger partial charge is 0.153 e. The van der Waals surface area contributed by atoms with E-state index in [9.17, 15) is 4.79 Å². The molecule has 0 aromatic carbocycles. The van der Waals surface area contributed by atoms with E-state index in [1.54, 1.807) is 0 Å². The maximum absolute atomic E-state index is 11.0. The molecule has 0 spiro atoms. The number of carbonyl (C=O) groups is 1. The zero-order chi connectivity index (χ0) is 11.9. The van der Waals surface area contributed by atoms with Crippen LogP contribution in [0.5, 0.6) is 0 Å². The largest absolute Gasteiger partial charge is 0.476 e. The molecule has 1 aromatic heterocycles. The Morgan fingerprint density at radius 1 is 1.07 bits per heavy atom. The minimum absolute atomic E-state index is 0.770. The molecule has 1 rings (SSSR count). The molecule has 0 fully saturated rings. The fraction of sp³-hybridized carbons (Fsp3) is 0.545. The maximum atomic E-state index is 11.0. The van der Waals surface area contributed by atoms with Gasteiger partial charge in [0.1, 0.15) is 16.1 Å². The molecule has 0 N–H and O–H groups in total. The second-order valence-electron chi connectivity index (χ2n) is 6.01. The van der Waals surface area contributed by atoms with Crippen molar-refractivity contribution >= 4 is 33.2 Å². The Morgan fingerprint density at radius 3 is 1.87 bits per heavy atom. The zero-order valence-corrected chi connectivity index (χ0v) is 12.5. The fourth-order valence-electron chi connectivity index (χ4n) is 1.45. The maximum Gasteiger partial charge on any atom is 0.153 e. The molecule has 0 aliphatic heterocycles. The molecule has 4 heteroatoms. The lowest BCUT2D eigenvalue weighted by Gasteiger charge is -2.15. The number of hydrogen-bond acceptors (Lipinski definition) is 2. The minimum atomic E-state index is -1.53. The number of hydrogen-bond donors (Lipinski definition) is 0. The van der Waals surface area contributed by atoms with Crippen molar-refractivity contribution in [3.05, 3.63) is 11.6 Å². The Morgan fingerprint density at radius 2 is 1.60 bits per heavy atom. The van der Waals surface area contributed by atoms with Crippen LogP contribution in [0.25, 0.3) is 0 Å². The summed E-state index contributed by atoms with van der Waals surface area (Å²) in [5.74, 6) is 0. The third kappa shape index (κ3) is 2.69. The summed E-state index contributed by atoms with van der Waals surface area (Å²) >= 11 is 0. The summed E-state index contributed by atoms with van der Waals surface area (Å²) in [6.45, 7) is 13.3. The third-order valence-electron chi connectivity index (χ3n) is 2.31. The van der Waals surface area contributed by atoms with Crippen LogP contribution in [0.1, 0.15) is 10.4 Å². The van der Waals surface area contributed by atoms with Crippen molar-refractivity contribution < 1.29 is 9.21 Å². The van der Waals surface area contributed by atoms with Crippen molar-refractivity contribution in [1.29, 1.82) is 0 Å². The molecule has 0 unspecified atom stereocenters. The molecule has 0 saturated carbocycles. The Labute approximate surface area is 93.7 Å². The molecule has 2 nitrogen and oxygen atoms in total. The SMILES string of the molecule is C[Si](C)(C)c1cc(C=O)c([Si](C)(C)C)o1. The van der Waals surface area contributed by atoms with E-state index in [1.165, 1.54) is 0 Å². The first-order valence-electron chi connectivity index (χ1n) is 5.26. The van der Waals surface area contributed by atoms with Crippen molar-refractivity contribution in [3.63, 3.8) is 0 Å². The van der Waals surface area contributed by atoms with Gasteiger partial charge in [0.05, 0.1) is 16.3 Å². The van der Waals surface area contributed by atoms with Crippen LogP contribution < -0.4 is 10.8 Å². The molecule has 1 aromatic rings. The molecule has 0 atom stereocenters. The van der Waals surface area contributed by atoms with Crippen LogP contribution in [0, 0.1) is 0 Å². The molecule has 15 heavy (non-hydrogen) atoms. The highest BCUT2D eigenvalue weighted by Gasteiger charge is 2.29. The number of rotatable bonds is 3. The average Bonchev–Trinajstić information content (AvgIpc) is 2.44. The van der Waals surface area contributed by atoms with Gasteiger partial charge in [0.25, 0.3) is 0 Å². The van der Waals surface area contributed by atoms with Gasteiger partial charge in [-0.2, -0.15) is 0 Å². The van der Waals surface area contributed by atoms with Crippen LogP contribution >= 0.6 is 0 Å². The Kier molecular flexibility index (Phi) is 3.12. The monoisotopic (exact) mass is 240 g/mol. The first-order valence-corrected chi connectivity index (χ1v) is 12.3. The first-order chi connectivity index (χ1) is 6.66.